The van der Waals surface area contributed by atoms with Gasteiger partial charge in [-0.15, -0.1) is 0 Å². The Morgan fingerprint density at radius 2 is 2.00 bits per heavy atom. The lowest BCUT2D eigenvalue weighted by atomic mass is 9.95. The van der Waals surface area contributed by atoms with Crippen LogP contribution < -0.4 is 11.1 Å². The van der Waals surface area contributed by atoms with Crippen molar-refractivity contribution >= 4 is 11.9 Å². The monoisotopic (exact) mass is 304 g/mol. The fraction of sp³-hybridized carbons (Fsp3) is 0.529. The molecule has 120 valence electrons. The zero-order valence-corrected chi connectivity index (χ0v) is 13.0. The Balaban J connectivity index is 1.86. The normalized spacial score (nSPS) is 20.6. The first-order valence-electron chi connectivity index (χ1n) is 7.89. The van der Waals surface area contributed by atoms with Gasteiger partial charge < -0.3 is 15.8 Å². The molecule has 1 aromatic carbocycles. The largest absolute Gasteiger partial charge is 0.462 e. The third-order valence-electron chi connectivity index (χ3n) is 4.23. The van der Waals surface area contributed by atoms with Gasteiger partial charge in [-0.25, -0.2) is 4.79 Å². The van der Waals surface area contributed by atoms with Gasteiger partial charge in [-0.3, -0.25) is 4.79 Å². The van der Waals surface area contributed by atoms with E-state index >= 15 is 0 Å². The highest BCUT2D eigenvalue weighted by molar-refractivity contribution is 5.89. The summed E-state index contributed by atoms with van der Waals surface area (Å²) in [6.07, 6.45) is 3.05. The van der Waals surface area contributed by atoms with E-state index in [4.69, 9.17) is 10.5 Å². The Kier molecular flexibility index (Phi) is 5.95. The molecular weight excluding hydrogens is 280 g/mol. The smallest absolute Gasteiger partial charge is 0.338 e. The Morgan fingerprint density at radius 1 is 1.27 bits per heavy atom. The number of amides is 1. The van der Waals surface area contributed by atoms with Crippen LogP contribution >= 0.6 is 0 Å². The highest BCUT2D eigenvalue weighted by Gasteiger charge is 2.31. The van der Waals surface area contributed by atoms with E-state index in [-0.39, 0.29) is 17.8 Å². The lowest BCUT2D eigenvalue weighted by Crippen LogP contribution is -2.34. The molecule has 0 spiro atoms. The Morgan fingerprint density at radius 3 is 2.64 bits per heavy atom. The van der Waals surface area contributed by atoms with Crippen molar-refractivity contribution in [3.8, 4) is 0 Å². The van der Waals surface area contributed by atoms with Gasteiger partial charge in [-0.2, -0.15) is 0 Å². The Hall–Kier alpha value is -1.88. The number of ether oxygens (including phenoxy) is 1. The fourth-order valence-electron chi connectivity index (χ4n) is 2.96. The van der Waals surface area contributed by atoms with Crippen molar-refractivity contribution in [2.24, 2.45) is 17.6 Å². The standard InChI is InChI=1S/C17H24N2O3/c1-2-22-17(21)13-8-6-12(7-9-13)11-19-16(20)15-5-3-4-14(15)10-18/h6-9,14-15H,2-5,10-11,18H2,1H3,(H,19,20)/t14-,15-/m1/s1. The lowest BCUT2D eigenvalue weighted by molar-refractivity contribution is -0.126. The summed E-state index contributed by atoms with van der Waals surface area (Å²) in [7, 11) is 0. The van der Waals surface area contributed by atoms with Crippen LogP contribution in [0.5, 0.6) is 0 Å². The van der Waals surface area contributed by atoms with Crippen LogP contribution in [0.4, 0.5) is 0 Å². The molecule has 1 aromatic rings. The van der Waals surface area contributed by atoms with Gasteiger partial charge in [0, 0.05) is 12.5 Å². The number of benzene rings is 1. The molecule has 0 bridgehead atoms. The van der Waals surface area contributed by atoms with E-state index in [0.29, 0.717) is 31.2 Å². The topological polar surface area (TPSA) is 81.4 Å². The zero-order valence-electron chi connectivity index (χ0n) is 13.0. The number of rotatable bonds is 6. The van der Waals surface area contributed by atoms with E-state index in [1.54, 1.807) is 19.1 Å². The van der Waals surface area contributed by atoms with Gasteiger partial charge in [0.1, 0.15) is 0 Å². The van der Waals surface area contributed by atoms with Crippen LogP contribution in [0.25, 0.3) is 0 Å². The molecule has 1 aliphatic rings. The predicted molar refractivity (Wildman–Crippen MR) is 84.1 cm³/mol. The van der Waals surface area contributed by atoms with Crippen molar-refractivity contribution < 1.29 is 14.3 Å². The number of esters is 1. The molecule has 0 unspecified atom stereocenters. The van der Waals surface area contributed by atoms with E-state index in [1.807, 2.05) is 12.1 Å². The predicted octanol–water partition coefficient (Wildman–Crippen LogP) is 1.85. The van der Waals surface area contributed by atoms with Crippen molar-refractivity contribution in [1.82, 2.24) is 5.32 Å². The molecule has 22 heavy (non-hydrogen) atoms. The molecule has 0 aliphatic heterocycles. The van der Waals surface area contributed by atoms with Gasteiger partial charge in [-0.05, 0) is 49.9 Å². The summed E-state index contributed by atoms with van der Waals surface area (Å²) in [5.74, 6) is 0.118. The minimum atomic E-state index is -0.324. The van der Waals surface area contributed by atoms with E-state index in [2.05, 4.69) is 5.32 Å². The van der Waals surface area contributed by atoms with Crippen molar-refractivity contribution in [3.63, 3.8) is 0 Å². The zero-order chi connectivity index (χ0) is 15.9. The molecule has 5 nitrogen and oxygen atoms in total. The number of nitrogens with one attached hydrogen (secondary N) is 1. The van der Waals surface area contributed by atoms with Crippen LogP contribution in [0.3, 0.4) is 0 Å². The fourth-order valence-corrected chi connectivity index (χ4v) is 2.96. The third-order valence-corrected chi connectivity index (χ3v) is 4.23. The second kappa shape index (κ2) is 7.94. The van der Waals surface area contributed by atoms with Crippen molar-refractivity contribution in [3.05, 3.63) is 35.4 Å². The summed E-state index contributed by atoms with van der Waals surface area (Å²) < 4.78 is 4.94. The SMILES string of the molecule is CCOC(=O)c1ccc(CNC(=O)[C@@H]2CCC[C@@H]2CN)cc1. The summed E-state index contributed by atoms with van der Waals surface area (Å²) in [5.41, 5.74) is 7.20. The molecule has 1 amide bonds. The van der Waals surface area contributed by atoms with Crippen molar-refractivity contribution in [2.75, 3.05) is 13.2 Å². The first kappa shape index (κ1) is 16.5. The van der Waals surface area contributed by atoms with Gasteiger partial charge in [0.25, 0.3) is 0 Å². The molecule has 0 saturated heterocycles. The maximum Gasteiger partial charge on any atom is 0.338 e. The van der Waals surface area contributed by atoms with Crippen LogP contribution in [0.1, 0.15) is 42.1 Å². The van der Waals surface area contributed by atoms with E-state index in [1.165, 1.54) is 0 Å². The molecule has 5 heteroatoms. The van der Waals surface area contributed by atoms with Crippen molar-refractivity contribution in [2.45, 2.75) is 32.7 Å². The maximum atomic E-state index is 12.2. The van der Waals surface area contributed by atoms with E-state index < -0.39 is 0 Å². The van der Waals surface area contributed by atoms with Gasteiger partial charge in [0.05, 0.1) is 12.2 Å². The number of carbonyl (C=O) groups is 2. The van der Waals surface area contributed by atoms with Gasteiger partial charge in [0.2, 0.25) is 5.91 Å². The molecule has 2 rings (SSSR count). The minimum Gasteiger partial charge on any atom is -0.462 e. The average Bonchev–Trinajstić information content (AvgIpc) is 3.02. The minimum absolute atomic E-state index is 0.0452. The molecule has 1 aliphatic carbocycles. The molecule has 2 atom stereocenters. The average molecular weight is 304 g/mol. The van der Waals surface area contributed by atoms with Gasteiger partial charge >= 0.3 is 5.97 Å². The van der Waals surface area contributed by atoms with E-state index in [9.17, 15) is 9.59 Å². The van der Waals surface area contributed by atoms with Gasteiger partial charge in [-0.1, -0.05) is 18.6 Å². The summed E-state index contributed by atoms with van der Waals surface area (Å²) in [5, 5.41) is 2.97. The highest BCUT2D eigenvalue weighted by atomic mass is 16.5. The van der Waals surface area contributed by atoms with Crippen molar-refractivity contribution in [1.29, 1.82) is 0 Å². The number of carbonyl (C=O) groups excluding carboxylic acids is 2. The highest BCUT2D eigenvalue weighted by Crippen LogP contribution is 2.30. The molecular formula is C17H24N2O3. The first-order chi connectivity index (χ1) is 10.7. The molecule has 1 saturated carbocycles. The van der Waals surface area contributed by atoms with Crippen LogP contribution in [0.15, 0.2) is 24.3 Å². The number of nitrogens with two attached hydrogens (primary N) is 1. The van der Waals surface area contributed by atoms with E-state index in [0.717, 1.165) is 24.8 Å². The third kappa shape index (κ3) is 4.07. The molecule has 0 heterocycles. The summed E-state index contributed by atoms with van der Waals surface area (Å²) in [6, 6.07) is 7.11. The van der Waals surface area contributed by atoms with Crippen LogP contribution in [0.2, 0.25) is 0 Å². The molecule has 3 N–H and O–H groups in total. The van der Waals surface area contributed by atoms with Crippen LogP contribution in [-0.4, -0.2) is 25.0 Å². The number of hydrogen-bond acceptors (Lipinski definition) is 4. The summed E-state index contributed by atoms with van der Waals surface area (Å²) in [4.78, 5) is 23.8. The quantitative estimate of drug-likeness (QED) is 0.786. The Bertz CT molecular complexity index is 513. The lowest BCUT2D eigenvalue weighted by Gasteiger charge is -2.17. The summed E-state index contributed by atoms with van der Waals surface area (Å²) >= 11 is 0. The Labute approximate surface area is 131 Å². The van der Waals surface area contributed by atoms with Crippen LogP contribution in [-0.2, 0) is 16.1 Å². The first-order valence-corrected chi connectivity index (χ1v) is 7.89. The van der Waals surface area contributed by atoms with Gasteiger partial charge in [0.15, 0.2) is 0 Å². The molecule has 0 radical (unpaired) electrons. The second-order valence-corrected chi connectivity index (χ2v) is 5.67. The second-order valence-electron chi connectivity index (χ2n) is 5.67. The molecule has 0 aromatic heterocycles. The van der Waals surface area contributed by atoms with Crippen LogP contribution in [0, 0.1) is 11.8 Å². The summed E-state index contributed by atoms with van der Waals surface area (Å²) in [6.45, 7) is 3.18. The molecule has 1 fully saturated rings. The number of hydrogen-bond donors (Lipinski definition) is 2. The maximum absolute atomic E-state index is 12.2.